The predicted octanol–water partition coefficient (Wildman–Crippen LogP) is 3.13. The first-order chi connectivity index (χ1) is 16.7. The molecule has 0 bridgehead atoms. The van der Waals surface area contributed by atoms with E-state index in [1.807, 2.05) is 0 Å². The monoisotopic (exact) mass is 505 g/mol. The van der Waals surface area contributed by atoms with Crippen molar-refractivity contribution < 1.29 is 45.7 Å². The Morgan fingerprint density at radius 3 is 2.86 bits per heavy atom. The van der Waals surface area contributed by atoms with E-state index >= 15 is 0 Å². The molecule has 192 valence electrons. The number of rotatable bonds is 9. The molecule has 1 aromatic carbocycles. The van der Waals surface area contributed by atoms with E-state index < -0.39 is 37.8 Å². The van der Waals surface area contributed by atoms with Gasteiger partial charge in [0.2, 0.25) is 5.88 Å². The highest BCUT2D eigenvalue weighted by molar-refractivity contribution is 5.92. The number of nitrogens with zero attached hydrogens (tertiary/aromatic N) is 2. The van der Waals surface area contributed by atoms with Gasteiger partial charge in [-0.05, 0) is 29.7 Å². The number of carbonyl (C=O) groups excluding carboxylic acids is 1. The summed E-state index contributed by atoms with van der Waals surface area (Å²) in [5.41, 5.74) is 1.44. The first-order valence-electron chi connectivity index (χ1n) is 11.0. The Morgan fingerprint density at radius 1 is 1.26 bits per heavy atom. The lowest BCUT2D eigenvalue weighted by atomic mass is 10.0. The van der Waals surface area contributed by atoms with Gasteiger partial charge < -0.3 is 24.3 Å². The lowest BCUT2D eigenvalue weighted by Crippen LogP contribution is -2.43. The van der Waals surface area contributed by atoms with Gasteiger partial charge in [0.25, 0.3) is 12.3 Å². The standard InChI is InChI=1S/C22H24F5N3O5/c23-19(24)11-32-10-16-3-4-30-20(35-16)7-17(29-30)21(31)28-15-6-14-5-13(1-2-18(14)34-9-15)8-33-12-22(25,26)27/h1-2,5,7,15-16,19H,3-4,6,8-12H2,(H,28,31)/t15-,16?/m1/s1. The van der Waals surface area contributed by atoms with Gasteiger partial charge in [0, 0.05) is 19.0 Å². The van der Waals surface area contributed by atoms with E-state index in [2.05, 4.69) is 10.4 Å². The Kier molecular flexibility index (Phi) is 7.75. The highest BCUT2D eigenvalue weighted by Gasteiger charge is 2.28. The SMILES string of the molecule is O=C(N[C@H]1COc2ccc(COCC(F)(F)F)cc2C1)c1cc2n(n1)CCC(COCC(F)F)O2. The third kappa shape index (κ3) is 7.04. The summed E-state index contributed by atoms with van der Waals surface area (Å²) in [6.07, 6.45) is -6.44. The summed E-state index contributed by atoms with van der Waals surface area (Å²) in [6, 6.07) is 6.10. The van der Waals surface area contributed by atoms with Gasteiger partial charge in [-0.15, -0.1) is 0 Å². The molecule has 0 spiro atoms. The topological polar surface area (TPSA) is 83.8 Å². The Labute approximate surface area is 197 Å². The molecule has 0 radical (unpaired) electrons. The number of amides is 1. The fourth-order valence-corrected chi connectivity index (χ4v) is 3.84. The number of alkyl halides is 5. The van der Waals surface area contributed by atoms with Gasteiger partial charge in [0.1, 0.15) is 31.7 Å². The van der Waals surface area contributed by atoms with Crippen LogP contribution in [-0.4, -0.2) is 66.9 Å². The van der Waals surface area contributed by atoms with E-state index in [9.17, 15) is 26.7 Å². The van der Waals surface area contributed by atoms with Crippen LogP contribution < -0.4 is 14.8 Å². The number of fused-ring (bicyclic) bond motifs is 2. The van der Waals surface area contributed by atoms with Crippen molar-refractivity contribution in [3.8, 4) is 11.6 Å². The average Bonchev–Trinajstić information content (AvgIpc) is 3.21. The lowest BCUT2D eigenvalue weighted by Gasteiger charge is -2.26. The highest BCUT2D eigenvalue weighted by atomic mass is 19.4. The molecule has 4 rings (SSSR count). The second kappa shape index (κ2) is 10.8. The van der Waals surface area contributed by atoms with Crippen molar-refractivity contribution in [2.75, 3.05) is 26.4 Å². The number of aromatic nitrogens is 2. The van der Waals surface area contributed by atoms with Crippen LogP contribution in [0.4, 0.5) is 22.0 Å². The predicted molar refractivity (Wildman–Crippen MR) is 111 cm³/mol. The van der Waals surface area contributed by atoms with Crippen molar-refractivity contribution in [1.29, 1.82) is 0 Å². The molecule has 1 N–H and O–H groups in total. The van der Waals surface area contributed by atoms with Gasteiger partial charge in [0.05, 0.1) is 19.3 Å². The van der Waals surface area contributed by atoms with Gasteiger partial charge in [-0.2, -0.15) is 18.3 Å². The molecule has 0 saturated carbocycles. The molecular formula is C22H24F5N3O5. The number of benzene rings is 1. The van der Waals surface area contributed by atoms with Crippen LogP contribution in [0.2, 0.25) is 0 Å². The fourth-order valence-electron chi connectivity index (χ4n) is 3.84. The number of ether oxygens (including phenoxy) is 4. The number of hydrogen-bond donors (Lipinski definition) is 1. The van der Waals surface area contributed by atoms with E-state index in [0.29, 0.717) is 36.6 Å². The minimum absolute atomic E-state index is 0.0130. The maximum Gasteiger partial charge on any atom is 0.411 e. The first-order valence-corrected chi connectivity index (χ1v) is 11.0. The largest absolute Gasteiger partial charge is 0.491 e. The number of aryl methyl sites for hydroxylation is 1. The van der Waals surface area contributed by atoms with Gasteiger partial charge in [-0.25, -0.2) is 13.5 Å². The zero-order valence-corrected chi connectivity index (χ0v) is 18.5. The summed E-state index contributed by atoms with van der Waals surface area (Å²) < 4.78 is 83.8. The molecule has 1 unspecified atom stereocenters. The minimum Gasteiger partial charge on any atom is -0.491 e. The van der Waals surface area contributed by atoms with E-state index in [4.69, 9.17) is 18.9 Å². The molecule has 2 aliphatic rings. The smallest absolute Gasteiger partial charge is 0.411 e. The van der Waals surface area contributed by atoms with Crippen molar-refractivity contribution in [3.63, 3.8) is 0 Å². The van der Waals surface area contributed by atoms with Crippen molar-refractivity contribution in [2.45, 2.75) is 50.7 Å². The van der Waals surface area contributed by atoms with Gasteiger partial charge in [-0.1, -0.05) is 6.07 Å². The van der Waals surface area contributed by atoms with Gasteiger partial charge in [-0.3, -0.25) is 4.79 Å². The van der Waals surface area contributed by atoms with Gasteiger partial charge in [0.15, 0.2) is 5.69 Å². The van der Waals surface area contributed by atoms with Crippen LogP contribution in [0.5, 0.6) is 11.6 Å². The second-order valence-electron chi connectivity index (χ2n) is 8.28. The first kappa shape index (κ1) is 25.2. The minimum atomic E-state index is -4.40. The summed E-state index contributed by atoms with van der Waals surface area (Å²) in [6.45, 7) is -1.51. The number of halogens is 5. The van der Waals surface area contributed by atoms with Crippen LogP contribution in [-0.2, 0) is 29.0 Å². The molecule has 2 aromatic rings. The molecule has 1 amide bonds. The zero-order valence-electron chi connectivity index (χ0n) is 18.5. The summed E-state index contributed by atoms with van der Waals surface area (Å²) in [5, 5.41) is 7.08. The molecule has 3 heterocycles. The normalized spacial score (nSPS) is 19.5. The van der Waals surface area contributed by atoms with Crippen LogP contribution in [0.1, 0.15) is 28.0 Å². The molecule has 2 atom stereocenters. The summed E-state index contributed by atoms with van der Waals surface area (Å²) in [7, 11) is 0. The van der Waals surface area contributed by atoms with E-state index in [0.717, 1.165) is 5.56 Å². The van der Waals surface area contributed by atoms with Crippen LogP contribution in [0.25, 0.3) is 0 Å². The number of carbonyl (C=O) groups is 1. The molecule has 8 nitrogen and oxygen atoms in total. The zero-order chi connectivity index (χ0) is 25.0. The molecule has 2 aliphatic heterocycles. The molecule has 0 fully saturated rings. The Balaban J connectivity index is 1.31. The van der Waals surface area contributed by atoms with Crippen molar-refractivity contribution in [3.05, 3.63) is 41.1 Å². The lowest BCUT2D eigenvalue weighted by molar-refractivity contribution is -0.176. The number of nitrogens with one attached hydrogen (secondary N) is 1. The third-order valence-electron chi connectivity index (χ3n) is 5.37. The molecule has 35 heavy (non-hydrogen) atoms. The van der Waals surface area contributed by atoms with Crippen molar-refractivity contribution in [1.82, 2.24) is 15.1 Å². The average molecular weight is 505 g/mol. The summed E-state index contributed by atoms with van der Waals surface area (Å²) in [5.74, 6) is 0.504. The van der Waals surface area contributed by atoms with E-state index in [-0.39, 0.29) is 31.6 Å². The Hall–Kier alpha value is -2.93. The molecule has 0 saturated heterocycles. The number of hydrogen-bond acceptors (Lipinski definition) is 6. The van der Waals surface area contributed by atoms with E-state index in [1.54, 1.807) is 18.2 Å². The molecule has 1 aromatic heterocycles. The summed E-state index contributed by atoms with van der Waals surface area (Å²) in [4.78, 5) is 12.7. The molecule has 13 heteroatoms. The fraction of sp³-hybridized carbons (Fsp3) is 0.545. The van der Waals surface area contributed by atoms with E-state index in [1.165, 1.54) is 10.7 Å². The van der Waals surface area contributed by atoms with Crippen molar-refractivity contribution >= 4 is 5.91 Å². The van der Waals surface area contributed by atoms with Crippen LogP contribution >= 0.6 is 0 Å². The van der Waals surface area contributed by atoms with Crippen LogP contribution in [0, 0.1) is 0 Å². The Bertz CT molecular complexity index is 1030. The Morgan fingerprint density at radius 2 is 2.09 bits per heavy atom. The third-order valence-corrected chi connectivity index (χ3v) is 5.37. The molecule has 0 aliphatic carbocycles. The van der Waals surface area contributed by atoms with Crippen LogP contribution in [0.15, 0.2) is 24.3 Å². The van der Waals surface area contributed by atoms with Gasteiger partial charge >= 0.3 is 6.18 Å². The van der Waals surface area contributed by atoms with Crippen LogP contribution in [0.3, 0.4) is 0 Å². The summed E-state index contributed by atoms with van der Waals surface area (Å²) >= 11 is 0. The highest BCUT2D eigenvalue weighted by Crippen LogP contribution is 2.27. The second-order valence-corrected chi connectivity index (χ2v) is 8.28. The molecular weight excluding hydrogens is 481 g/mol. The maximum absolute atomic E-state index is 12.7. The van der Waals surface area contributed by atoms with Crippen molar-refractivity contribution in [2.24, 2.45) is 0 Å². The maximum atomic E-state index is 12.7. The quantitative estimate of drug-likeness (QED) is 0.528.